The summed E-state index contributed by atoms with van der Waals surface area (Å²) >= 11 is 0. The first-order valence-electron chi connectivity index (χ1n) is 13.5. The fourth-order valence-corrected chi connectivity index (χ4v) is 6.11. The second-order valence-electron chi connectivity index (χ2n) is 10.6. The van der Waals surface area contributed by atoms with E-state index in [1.165, 1.54) is 18.2 Å². The van der Waals surface area contributed by atoms with Crippen molar-refractivity contribution in [2.45, 2.75) is 37.4 Å². The minimum atomic E-state index is -3.86. The number of likely N-dealkylation sites (N-methyl/N-ethyl adjacent to an activating group) is 1. The zero-order valence-corrected chi connectivity index (χ0v) is 24.1. The van der Waals surface area contributed by atoms with Crippen LogP contribution in [-0.4, -0.2) is 74.9 Å². The highest BCUT2D eigenvalue weighted by atomic mass is 32.2. The van der Waals surface area contributed by atoms with Crippen LogP contribution in [0.4, 0.5) is 5.69 Å². The summed E-state index contributed by atoms with van der Waals surface area (Å²) in [5.74, 6) is 1.43. The van der Waals surface area contributed by atoms with E-state index in [4.69, 9.17) is 14.2 Å². The van der Waals surface area contributed by atoms with E-state index >= 15 is 0 Å². The molecule has 0 saturated carbocycles. The standard InChI is InChI=1S/C30H35N3O7S/c1-20-15-33(21(2)18-34)30(35)25-14-23(31-41(36,37)24-7-5-4-6-8-24)10-12-26(25)40-29(20)17-32(3)16-22-9-11-27-28(13-22)39-19-38-27/h4-14,20-21,29,31,34H,15-19H2,1-3H3/t20-,21+,29-/m0/s1. The van der Waals surface area contributed by atoms with Gasteiger partial charge in [-0.15, -0.1) is 0 Å². The van der Waals surface area contributed by atoms with E-state index in [-0.39, 0.29) is 47.5 Å². The number of nitrogens with one attached hydrogen (secondary N) is 1. The molecule has 0 fully saturated rings. The topological polar surface area (TPSA) is 118 Å². The maximum absolute atomic E-state index is 13.7. The summed E-state index contributed by atoms with van der Waals surface area (Å²) in [4.78, 5) is 17.6. The summed E-state index contributed by atoms with van der Waals surface area (Å²) in [5.41, 5.74) is 1.54. The maximum atomic E-state index is 13.7. The third-order valence-corrected chi connectivity index (χ3v) is 8.75. The van der Waals surface area contributed by atoms with Gasteiger partial charge in [0.25, 0.3) is 15.9 Å². The normalized spacial score (nSPS) is 19.2. The Balaban J connectivity index is 1.40. The smallest absolute Gasteiger partial charge is 0.261 e. The number of aliphatic hydroxyl groups excluding tert-OH is 1. The van der Waals surface area contributed by atoms with Crippen LogP contribution in [0.1, 0.15) is 29.8 Å². The molecular formula is C30H35N3O7S. The lowest BCUT2D eigenvalue weighted by Gasteiger charge is -2.38. The van der Waals surface area contributed by atoms with E-state index < -0.39 is 16.1 Å². The second-order valence-corrected chi connectivity index (χ2v) is 12.3. The van der Waals surface area contributed by atoms with Gasteiger partial charge in [-0.1, -0.05) is 31.2 Å². The molecule has 0 saturated heterocycles. The molecule has 2 N–H and O–H groups in total. The lowest BCUT2D eigenvalue weighted by Crippen LogP contribution is -2.49. The van der Waals surface area contributed by atoms with Crippen LogP contribution in [0.3, 0.4) is 0 Å². The predicted octanol–water partition coefficient (Wildman–Crippen LogP) is 3.57. The van der Waals surface area contributed by atoms with Crippen LogP contribution in [0.15, 0.2) is 71.6 Å². The average Bonchev–Trinajstić information content (AvgIpc) is 3.43. The molecule has 3 aromatic carbocycles. The number of carbonyl (C=O) groups is 1. The molecule has 0 spiro atoms. The molecule has 2 aliphatic rings. The molecule has 2 heterocycles. The Labute approximate surface area is 240 Å². The monoisotopic (exact) mass is 581 g/mol. The molecule has 1 amide bonds. The van der Waals surface area contributed by atoms with Crippen LogP contribution in [0.2, 0.25) is 0 Å². The van der Waals surface area contributed by atoms with Gasteiger partial charge in [-0.2, -0.15) is 0 Å². The Kier molecular flexibility index (Phi) is 8.39. The average molecular weight is 582 g/mol. The highest BCUT2D eigenvalue weighted by Gasteiger charge is 2.34. The molecule has 3 aromatic rings. The minimum Gasteiger partial charge on any atom is -0.488 e. The van der Waals surface area contributed by atoms with Gasteiger partial charge in [0.05, 0.1) is 23.1 Å². The van der Waals surface area contributed by atoms with Crippen molar-refractivity contribution in [3.05, 3.63) is 77.9 Å². The molecule has 0 aromatic heterocycles. The van der Waals surface area contributed by atoms with Gasteiger partial charge in [0, 0.05) is 31.2 Å². The number of ether oxygens (including phenoxy) is 3. The molecule has 11 heteroatoms. The van der Waals surface area contributed by atoms with Gasteiger partial charge < -0.3 is 24.2 Å². The van der Waals surface area contributed by atoms with Crippen molar-refractivity contribution in [3.8, 4) is 17.2 Å². The van der Waals surface area contributed by atoms with Gasteiger partial charge >= 0.3 is 0 Å². The lowest BCUT2D eigenvalue weighted by molar-refractivity contribution is 0.0341. The summed E-state index contributed by atoms with van der Waals surface area (Å²) in [6.07, 6.45) is -0.291. The van der Waals surface area contributed by atoms with Gasteiger partial charge in [-0.05, 0) is 62.0 Å². The SMILES string of the molecule is C[C@H](CO)N1C[C@H](C)[C@H](CN(C)Cc2ccc3c(c2)OCO3)Oc2ccc(NS(=O)(=O)c3ccccc3)cc2C1=O. The number of anilines is 1. The predicted molar refractivity (Wildman–Crippen MR) is 154 cm³/mol. The fourth-order valence-electron chi connectivity index (χ4n) is 5.04. The number of carbonyl (C=O) groups excluding carboxylic acids is 1. The number of amides is 1. The number of hydrogen-bond acceptors (Lipinski definition) is 8. The Morgan fingerprint density at radius 2 is 1.78 bits per heavy atom. The molecule has 3 atom stereocenters. The highest BCUT2D eigenvalue weighted by molar-refractivity contribution is 7.92. The third kappa shape index (κ3) is 6.42. The molecule has 0 radical (unpaired) electrons. The number of sulfonamides is 1. The number of fused-ring (bicyclic) bond motifs is 2. The number of hydrogen-bond donors (Lipinski definition) is 2. The van der Waals surface area contributed by atoms with Crippen molar-refractivity contribution in [2.24, 2.45) is 5.92 Å². The van der Waals surface area contributed by atoms with Crippen molar-refractivity contribution in [1.82, 2.24) is 9.80 Å². The highest BCUT2D eigenvalue weighted by Crippen LogP contribution is 2.34. The number of benzene rings is 3. The Hall–Kier alpha value is -3.80. The number of aliphatic hydroxyl groups is 1. The van der Waals surface area contributed by atoms with E-state index in [1.54, 1.807) is 42.2 Å². The van der Waals surface area contributed by atoms with Crippen molar-refractivity contribution in [1.29, 1.82) is 0 Å². The van der Waals surface area contributed by atoms with E-state index in [1.807, 2.05) is 32.2 Å². The summed E-state index contributed by atoms with van der Waals surface area (Å²) < 4.78 is 45.8. The van der Waals surface area contributed by atoms with E-state index in [0.29, 0.717) is 25.4 Å². The number of rotatable bonds is 9. The molecule has 0 unspecified atom stereocenters. The summed E-state index contributed by atoms with van der Waals surface area (Å²) in [6.45, 7) is 5.40. The molecule has 0 aliphatic carbocycles. The Morgan fingerprint density at radius 1 is 1.05 bits per heavy atom. The van der Waals surface area contributed by atoms with Gasteiger partial charge in [0.1, 0.15) is 11.9 Å². The summed E-state index contributed by atoms with van der Waals surface area (Å²) in [5, 5.41) is 9.93. The largest absolute Gasteiger partial charge is 0.488 e. The van der Waals surface area contributed by atoms with E-state index in [2.05, 4.69) is 9.62 Å². The quantitative estimate of drug-likeness (QED) is 0.394. The number of nitrogens with zero attached hydrogens (tertiary/aromatic N) is 2. The van der Waals surface area contributed by atoms with Crippen molar-refractivity contribution in [2.75, 3.05) is 38.3 Å². The van der Waals surface area contributed by atoms with E-state index in [9.17, 15) is 18.3 Å². The van der Waals surface area contributed by atoms with E-state index in [0.717, 1.165) is 17.1 Å². The van der Waals surface area contributed by atoms with Crippen molar-refractivity contribution >= 4 is 21.6 Å². The van der Waals surface area contributed by atoms with Crippen LogP contribution in [-0.2, 0) is 16.6 Å². The lowest BCUT2D eigenvalue weighted by atomic mass is 9.99. The van der Waals surface area contributed by atoms with Gasteiger partial charge in [-0.25, -0.2) is 8.42 Å². The first-order chi connectivity index (χ1) is 19.6. The maximum Gasteiger partial charge on any atom is 0.261 e. The fraction of sp³-hybridized carbons (Fsp3) is 0.367. The molecule has 0 bridgehead atoms. The summed E-state index contributed by atoms with van der Waals surface area (Å²) in [6, 6.07) is 18.2. The van der Waals surface area contributed by atoms with Crippen molar-refractivity contribution < 1.29 is 32.5 Å². The Morgan fingerprint density at radius 3 is 2.54 bits per heavy atom. The first kappa shape index (κ1) is 28.7. The van der Waals surface area contributed by atoms with Crippen LogP contribution >= 0.6 is 0 Å². The molecule has 2 aliphatic heterocycles. The third-order valence-electron chi connectivity index (χ3n) is 7.35. The minimum absolute atomic E-state index is 0.0587. The second kappa shape index (κ2) is 12.0. The molecule has 41 heavy (non-hydrogen) atoms. The van der Waals surface area contributed by atoms with Gasteiger partial charge in [0.2, 0.25) is 6.79 Å². The van der Waals surface area contributed by atoms with Crippen LogP contribution in [0, 0.1) is 5.92 Å². The molecular weight excluding hydrogens is 546 g/mol. The zero-order chi connectivity index (χ0) is 29.1. The van der Waals surface area contributed by atoms with Gasteiger partial charge in [0.15, 0.2) is 11.5 Å². The Bertz CT molecular complexity index is 1500. The molecule has 5 rings (SSSR count). The zero-order valence-electron chi connectivity index (χ0n) is 23.3. The van der Waals surface area contributed by atoms with Crippen molar-refractivity contribution in [3.63, 3.8) is 0 Å². The van der Waals surface area contributed by atoms with Gasteiger partial charge in [-0.3, -0.25) is 14.4 Å². The van der Waals surface area contributed by atoms with Crippen LogP contribution in [0.25, 0.3) is 0 Å². The first-order valence-corrected chi connectivity index (χ1v) is 15.0. The molecule has 218 valence electrons. The van der Waals surface area contributed by atoms with Crippen LogP contribution < -0.4 is 18.9 Å². The van der Waals surface area contributed by atoms with Crippen LogP contribution in [0.5, 0.6) is 17.2 Å². The molecule has 10 nitrogen and oxygen atoms in total. The summed E-state index contributed by atoms with van der Waals surface area (Å²) in [7, 11) is -1.86.